The number of nitrogens with one attached hydrogen (secondary N) is 1. The molecule has 1 fully saturated rings. The van der Waals surface area contributed by atoms with Gasteiger partial charge in [-0.2, -0.15) is 0 Å². The fraction of sp³-hybridized carbons (Fsp3) is 0.700. The third kappa shape index (κ3) is 5.40. The molecule has 1 aliphatic carbocycles. The number of carbonyl (C=O) groups is 4. The van der Waals surface area contributed by atoms with Gasteiger partial charge < -0.3 is 10.1 Å². The van der Waals surface area contributed by atoms with Crippen molar-refractivity contribution >= 4 is 23.7 Å². The Morgan fingerprint density at radius 1 is 1.22 bits per heavy atom. The first kappa shape index (κ1) is 21.1. The van der Waals surface area contributed by atoms with Crippen LogP contribution in [-0.4, -0.2) is 41.4 Å². The number of esters is 1. The molecule has 0 unspecified atom stereocenters. The summed E-state index contributed by atoms with van der Waals surface area (Å²) in [7, 11) is 0. The molecule has 0 aromatic heterocycles. The van der Waals surface area contributed by atoms with E-state index in [1.807, 2.05) is 19.1 Å². The molecule has 1 N–H and O–H groups in total. The summed E-state index contributed by atoms with van der Waals surface area (Å²) in [5, 5.41) is 2.74. The summed E-state index contributed by atoms with van der Waals surface area (Å²) in [6.07, 6.45) is 6.32. The molecule has 3 amide bonds. The van der Waals surface area contributed by atoms with Gasteiger partial charge in [-0.05, 0) is 52.5 Å². The maximum Gasteiger partial charge on any atom is 0.311 e. The van der Waals surface area contributed by atoms with Crippen LogP contribution in [0.4, 0.5) is 0 Å². The number of imide groups is 1. The van der Waals surface area contributed by atoms with Gasteiger partial charge in [-0.15, -0.1) is 0 Å². The number of amides is 3. The van der Waals surface area contributed by atoms with Gasteiger partial charge >= 0.3 is 5.97 Å². The van der Waals surface area contributed by atoms with Gasteiger partial charge in [-0.25, -0.2) is 0 Å². The summed E-state index contributed by atoms with van der Waals surface area (Å²) >= 11 is 0. The minimum absolute atomic E-state index is 0.0790. The molecular formula is C20H30N2O5. The molecule has 0 bridgehead atoms. The average molecular weight is 378 g/mol. The highest BCUT2D eigenvalue weighted by atomic mass is 16.5. The molecule has 1 aliphatic heterocycles. The Balaban J connectivity index is 1.95. The normalized spacial score (nSPS) is 27.7. The van der Waals surface area contributed by atoms with Gasteiger partial charge in [0.1, 0.15) is 12.8 Å². The van der Waals surface area contributed by atoms with Crippen LogP contribution in [0, 0.1) is 10.8 Å². The molecule has 0 spiro atoms. The predicted molar refractivity (Wildman–Crippen MR) is 99.1 cm³/mol. The SMILES string of the molecule is CC(C)(C)C(=O)O[C@H]1/C=C/CC[C@@](C)(C(=O)NCN2C(=O)CCC2=O)CC1. The van der Waals surface area contributed by atoms with Crippen molar-refractivity contribution < 1.29 is 23.9 Å². The van der Waals surface area contributed by atoms with Crippen LogP contribution in [-0.2, 0) is 23.9 Å². The van der Waals surface area contributed by atoms with Gasteiger partial charge in [-0.1, -0.05) is 13.0 Å². The third-order valence-electron chi connectivity index (χ3n) is 5.17. The Hall–Kier alpha value is -2.18. The Morgan fingerprint density at radius 2 is 1.85 bits per heavy atom. The highest BCUT2D eigenvalue weighted by Crippen LogP contribution is 2.33. The van der Waals surface area contributed by atoms with Crippen LogP contribution in [0.5, 0.6) is 0 Å². The van der Waals surface area contributed by atoms with Crippen molar-refractivity contribution in [2.45, 2.75) is 72.3 Å². The Labute approximate surface area is 160 Å². The van der Waals surface area contributed by atoms with Crippen molar-refractivity contribution in [1.29, 1.82) is 0 Å². The van der Waals surface area contributed by atoms with E-state index in [9.17, 15) is 19.2 Å². The summed E-state index contributed by atoms with van der Waals surface area (Å²) in [5.74, 6) is -0.957. The van der Waals surface area contributed by atoms with Gasteiger partial charge in [0, 0.05) is 18.3 Å². The number of rotatable bonds is 4. The quantitative estimate of drug-likeness (QED) is 0.460. The maximum atomic E-state index is 12.8. The van der Waals surface area contributed by atoms with E-state index in [1.54, 1.807) is 20.8 Å². The lowest BCUT2D eigenvalue weighted by Crippen LogP contribution is -2.46. The summed E-state index contributed by atoms with van der Waals surface area (Å²) in [6, 6.07) is 0. The van der Waals surface area contributed by atoms with Gasteiger partial charge in [0.25, 0.3) is 0 Å². The second kappa shape index (κ2) is 8.23. The van der Waals surface area contributed by atoms with E-state index >= 15 is 0 Å². The molecule has 0 aromatic carbocycles. The topological polar surface area (TPSA) is 92.8 Å². The molecule has 7 nitrogen and oxygen atoms in total. The minimum Gasteiger partial charge on any atom is -0.458 e. The minimum atomic E-state index is -0.650. The Kier molecular flexibility index (Phi) is 6.44. The number of hydrogen-bond donors (Lipinski definition) is 1. The van der Waals surface area contributed by atoms with Crippen LogP contribution >= 0.6 is 0 Å². The van der Waals surface area contributed by atoms with Crippen molar-refractivity contribution in [3.8, 4) is 0 Å². The van der Waals surface area contributed by atoms with Crippen LogP contribution in [0.1, 0.15) is 66.2 Å². The van der Waals surface area contributed by atoms with Crippen LogP contribution in [0.15, 0.2) is 12.2 Å². The molecule has 2 atom stereocenters. The van der Waals surface area contributed by atoms with Gasteiger partial charge in [0.05, 0.1) is 5.41 Å². The molecule has 150 valence electrons. The lowest BCUT2D eigenvalue weighted by Gasteiger charge is -2.32. The zero-order valence-electron chi connectivity index (χ0n) is 16.7. The smallest absolute Gasteiger partial charge is 0.311 e. The first-order chi connectivity index (χ1) is 12.5. The molecule has 1 heterocycles. The number of carbonyl (C=O) groups excluding carboxylic acids is 4. The van der Waals surface area contributed by atoms with Crippen molar-refractivity contribution in [1.82, 2.24) is 10.2 Å². The van der Waals surface area contributed by atoms with Crippen molar-refractivity contribution in [2.75, 3.05) is 6.67 Å². The zero-order valence-corrected chi connectivity index (χ0v) is 16.7. The Bertz CT molecular complexity index is 633. The highest BCUT2D eigenvalue weighted by Gasteiger charge is 2.36. The van der Waals surface area contributed by atoms with Gasteiger partial charge in [-0.3, -0.25) is 24.1 Å². The van der Waals surface area contributed by atoms with Gasteiger partial charge in [0.15, 0.2) is 0 Å². The van der Waals surface area contributed by atoms with Crippen LogP contribution in [0.2, 0.25) is 0 Å². The number of ether oxygens (including phenoxy) is 1. The van der Waals surface area contributed by atoms with E-state index in [2.05, 4.69) is 5.32 Å². The van der Waals surface area contributed by atoms with E-state index in [-0.39, 0.29) is 49.3 Å². The van der Waals surface area contributed by atoms with E-state index < -0.39 is 10.8 Å². The van der Waals surface area contributed by atoms with E-state index in [1.165, 1.54) is 0 Å². The lowest BCUT2D eigenvalue weighted by molar-refractivity contribution is -0.157. The summed E-state index contributed by atoms with van der Waals surface area (Å²) in [6.45, 7) is 7.21. The molecule has 1 saturated heterocycles. The first-order valence-corrected chi connectivity index (χ1v) is 9.52. The standard InChI is InChI=1S/C20H30N2O5/c1-19(2,3)18(26)27-14-7-5-6-11-20(4,12-10-14)17(25)21-13-22-15(23)8-9-16(22)24/h5,7,14H,6,8-13H2,1-4H3,(H,21,25)/b7-5+/t14-,20+/m0/s1. The predicted octanol–water partition coefficient (Wildman–Crippen LogP) is 2.30. The second-order valence-corrected chi connectivity index (χ2v) is 8.64. The Morgan fingerprint density at radius 3 is 2.44 bits per heavy atom. The second-order valence-electron chi connectivity index (χ2n) is 8.64. The average Bonchev–Trinajstić information content (AvgIpc) is 2.89. The van der Waals surface area contributed by atoms with Crippen molar-refractivity contribution in [2.24, 2.45) is 10.8 Å². The van der Waals surface area contributed by atoms with Crippen LogP contribution in [0.25, 0.3) is 0 Å². The number of nitrogens with zero attached hydrogens (tertiary/aromatic N) is 1. The number of hydrogen-bond acceptors (Lipinski definition) is 5. The molecule has 7 heteroatoms. The van der Waals surface area contributed by atoms with E-state index in [0.717, 1.165) is 4.90 Å². The first-order valence-electron chi connectivity index (χ1n) is 9.52. The van der Waals surface area contributed by atoms with Crippen molar-refractivity contribution in [3.05, 3.63) is 12.2 Å². The van der Waals surface area contributed by atoms with E-state index in [4.69, 9.17) is 4.74 Å². The lowest BCUT2D eigenvalue weighted by atomic mass is 9.78. The number of likely N-dealkylation sites (tertiary alicyclic amines) is 1. The molecule has 0 aromatic rings. The van der Waals surface area contributed by atoms with E-state index in [0.29, 0.717) is 25.7 Å². The molecule has 0 radical (unpaired) electrons. The summed E-state index contributed by atoms with van der Waals surface area (Å²) in [5.41, 5.74) is -1.23. The molecule has 2 aliphatic rings. The monoisotopic (exact) mass is 378 g/mol. The van der Waals surface area contributed by atoms with Crippen LogP contribution < -0.4 is 5.32 Å². The van der Waals surface area contributed by atoms with Crippen molar-refractivity contribution in [3.63, 3.8) is 0 Å². The highest BCUT2D eigenvalue weighted by molar-refractivity contribution is 6.02. The summed E-state index contributed by atoms with van der Waals surface area (Å²) < 4.78 is 5.58. The molecule has 2 rings (SSSR count). The largest absolute Gasteiger partial charge is 0.458 e. The zero-order chi connectivity index (χ0) is 20.2. The van der Waals surface area contributed by atoms with Gasteiger partial charge in [0.2, 0.25) is 17.7 Å². The molecule has 0 saturated carbocycles. The third-order valence-corrected chi connectivity index (χ3v) is 5.17. The summed E-state index contributed by atoms with van der Waals surface area (Å²) in [4.78, 5) is 49.3. The molecular weight excluding hydrogens is 348 g/mol. The fourth-order valence-electron chi connectivity index (χ4n) is 3.13. The van der Waals surface area contributed by atoms with Crippen LogP contribution in [0.3, 0.4) is 0 Å². The number of allylic oxidation sites excluding steroid dienone is 1. The fourth-order valence-corrected chi connectivity index (χ4v) is 3.13. The molecule has 27 heavy (non-hydrogen) atoms. The maximum absolute atomic E-state index is 12.8.